The number of ether oxygens (including phenoxy) is 1. The minimum Gasteiger partial charge on any atom is -0.378 e. The van der Waals surface area contributed by atoms with E-state index in [1.54, 1.807) is 0 Å². The van der Waals surface area contributed by atoms with Gasteiger partial charge in [-0.15, -0.1) is 0 Å². The molecule has 0 spiro atoms. The van der Waals surface area contributed by atoms with Gasteiger partial charge in [0.05, 0.1) is 19.1 Å². The highest BCUT2D eigenvalue weighted by Gasteiger charge is 2.26. The van der Waals surface area contributed by atoms with E-state index >= 15 is 0 Å². The van der Waals surface area contributed by atoms with Gasteiger partial charge in [0.2, 0.25) is 11.8 Å². The highest BCUT2D eigenvalue weighted by molar-refractivity contribution is 5.84. The predicted octanol–water partition coefficient (Wildman–Crippen LogP) is 1.28. The Morgan fingerprint density at radius 2 is 1.86 bits per heavy atom. The number of rotatable bonds is 6. The average molecular weight is 290 g/mol. The third kappa shape index (κ3) is 4.56. The van der Waals surface area contributed by atoms with E-state index in [2.05, 4.69) is 0 Å². The molecule has 0 aliphatic carbocycles. The normalized spacial score (nSPS) is 16.5. The van der Waals surface area contributed by atoms with Crippen LogP contribution in [0.3, 0.4) is 0 Å². The standard InChI is InChI=1S/C16H22N2O3/c17-15(19)8-4-7-14(13-5-2-1-3-6-13)16(20)18-9-11-21-12-10-18/h1-3,5-6,14H,4,7-12H2,(H2,17,19)/t14-/m0/s1. The third-order valence-electron chi connectivity index (χ3n) is 3.74. The number of hydrogen-bond acceptors (Lipinski definition) is 3. The largest absolute Gasteiger partial charge is 0.378 e. The van der Waals surface area contributed by atoms with E-state index in [-0.39, 0.29) is 17.7 Å². The SMILES string of the molecule is NC(=O)CCC[C@H](C(=O)N1CCOCC1)c1ccccc1. The number of nitrogens with two attached hydrogens (primary N) is 1. The van der Waals surface area contributed by atoms with Gasteiger partial charge in [0.15, 0.2) is 0 Å². The summed E-state index contributed by atoms with van der Waals surface area (Å²) in [7, 11) is 0. The molecule has 0 unspecified atom stereocenters. The van der Waals surface area contributed by atoms with Crippen molar-refractivity contribution in [3.8, 4) is 0 Å². The molecule has 1 heterocycles. The molecule has 1 aromatic carbocycles. The van der Waals surface area contributed by atoms with Crippen LogP contribution in [0.5, 0.6) is 0 Å². The Bertz CT molecular complexity index is 470. The van der Waals surface area contributed by atoms with Crippen molar-refractivity contribution in [2.75, 3.05) is 26.3 Å². The summed E-state index contributed by atoms with van der Waals surface area (Å²) in [6.45, 7) is 2.46. The van der Waals surface area contributed by atoms with Crippen molar-refractivity contribution in [1.82, 2.24) is 4.90 Å². The molecule has 0 saturated carbocycles. The zero-order valence-corrected chi connectivity index (χ0v) is 12.2. The van der Waals surface area contributed by atoms with E-state index in [0.717, 1.165) is 5.56 Å². The molecule has 1 atom stereocenters. The molecule has 1 aromatic rings. The fourth-order valence-corrected chi connectivity index (χ4v) is 2.60. The van der Waals surface area contributed by atoms with Crippen LogP contribution in [0.2, 0.25) is 0 Å². The quantitative estimate of drug-likeness (QED) is 0.858. The first-order valence-corrected chi connectivity index (χ1v) is 7.38. The number of hydrogen-bond donors (Lipinski definition) is 1. The summed E-state index contributed by atoms with van der Waals surface area (Å²) < 4.78 is 5.29. The number of amides is 2. The minimum atomic E-state index is -0.319. The van der Waals surface area contributed by atoms with Gasteiger partial charge < -0.3 is 15.4 Å². The molecule has 5 heteroatoms. The Hall–Kier alpha value is -1.88. The third-order valence-corrected chi connectivity index (χ3v) is 3.74. The Labute approximate surface area is 125 Å². The fraction of sp³-hybridized carbons (Fsp3) is 0.500. The molecule has 0 radical (unpaired) electrons. The van der Waals surface area contributed by atoms with Crippen molar-refractivity contribution in [1.29, 1.82) is 0 Å². The molecule has 0 aromatic heterocycles. The van der Waals surface area contributed by atoms with E-state index in [9.17, 15) is 9.59 Å². The summed E-state index contributed by atoms with van der Waals surface area (Å²) in [5.74, 6) is -0.404. The first-order chi connectivity index (χ1) is 10.2. The molecule has 21 heavy (non-hydrogen) atoms. The van der Waals surface area contributed by atoms with Gasteiger partial charge in [-0.05, 0) is 18.4 Å². The summed E-state index contributed by atoms with van der Waals surface area (Å²) in [4.78, 5) is 25.5. The summed E-state index contributed by atoms with van der Waals surface area (Å²) >= 11 is 0. The first kappa shape index (κ1) is 15.5. The summed E-state index contributed by atoms with van der Waals surface area (Å²) in [6.07, 6.45) is 1.59. The predicted molar refractivity (Wildman–Crippen MR) is 79.6 cm³/mol. The molecule has 1 aliphatic heterocycles. The lowest BCUT2D eigenvalue weighted by atomic mass is 9.92. The zero-order valence-electron chi connectivity index (χ0n) is 12.2. The molecule has 2 rings (SSSR count). The zero-order chi connectivity index (χ0) is 15.1. The van der Waals surface area contributed by atoms with E-state index in [0.29, 0.717) is 45.6 Å². The van der Waals surface area contributed by atoms with Crippen LogP contribution in [-0.2, 0) is 14.3 Å². The number of carbonyl (C=O) groups excluding carboxylic acids is 2. The molecule has 1 fully saturated rings. The Morgan fingerprint density at radius 3 is 2.48 bits per heavy atom. The highest BCUT2D eigenvalue weighted by atomic mass is 16.5. The van der Waals surface area contributed by atoms with Crippen LogP contribution in [0.15, 0.2) is 30.3 Å². The number of nitrogens with zero attached hydrogens (tertiary/aromatic N) is 1. The molecule has 1 saturated heterocycles. The maximum absolute atomic E-state index is 12.7. The van der Waals surface area contributed by atoms with E-state index in [1.165, 1.54) is 0 Å². The van der Waals surface area contributed by atoms with Crippen LogP contribution in [0.1, 0.15) is 30.7 Å². The molecule has 0 bridgehead atoms. The van der Waals surface area contributed by atoms with E-state index < -0.39 is 0 Å². The van der Waals surface area contributed by atoms with Crippen LogP contribution in [0.4, 0.5) is 0 Å². The van der Waals surface area contributed by atoms with Gasteiger partial charge in [-0.2, -0.15) is 0 Å². The van der Waals surface area contributed by atoms with E-state index in [4.69, 9.17) is 10.5 Å². The van der Waals surface area contributed by atoms with Gasteiger partial charge >= 0.3 is 0 Å². The van der Waals surface area contributed by atoms with Crippen molar-refractivity contribution >= 4 is 11.8 Å². The minimum absolute atomic E-state index is 0.119. The Balaban J connectivity index is 2.06. The number of morpholine rings is 1. The van der Waals surface area contributed by atoms with Crippen LogP contribution < -0.4 is 5.73 Å². The van der Waals surface area contributed by atoms with Crippen molar-refractivity contribution in [3.05, 3.63) is 35.9 Å². The molecular weight excluding hydrogens is 268 g/mol. The second kappa shape index (κ2) is 7.78. The molecule has 1 aliphatic rings. The van der Waals surface area contributed by atoms with Gasteiger partial charge in [0.25, 0.3) is 0 Å². The van der Waals surface area contributed by atoms with Crippen LogP contribution in [-0.4, -0.2) is 43.0 Å². The molecule has 2 N–H and O–H groups in total. The first-order valence-electron chi connectivity index (χ1n) is 7.38. The van der Waals surface area contributed by atoms with Crippen molar-refractivity contribution in [2.24, 2.45) is 5.73 Å². The number of benzene rings is 1. The van der Waals surface area contributed by atoms with Crippen LogP contribution >= 0.6 is 0 Å². The number of carbonyl (C=O) groups is 2. The van der Waals surface area contributed by atoms with Crippen LogP contribution in [0.25, 0.3) is 0 Å². The fourth-order valence-electron chi connectivity index (χ4n) is 2.60. The average Bonchev–Trinajstić information content (AvgIpc) is 2.52. The summed E-state index contributed by atoms with van der Waals surface area (Å²) in [6, 6.07) is 9.73. The maximum atomic E-state index is 12.7. The summed E-state index contributed by atoms with van der Waals surface area (Å²) in [5.41, 5.74) is 6.18. The topological polar surface area (TPSA) is 72.6 Å². The Kier molecular flexibility index (Phi) is 5.75. The second-order valence-corrected chi connectivity index (χ2v) is 5.26. The van der Waals surface area contributed by atoms with Gasteiger partial charge in [-0.3, -0.25) is 9.59 Å². The van der Waals surface area contributed by atoms with Gasteiger partial charge in [-0.25, -0.2) is 0 Å². The molecule has 5 nitrogen and oxygen atoms in total. The van der Waals surface area contributed by atoms with Gasteiger partial charge in [0, 0.05) is 19.5 Å². The molecule has 2 amide bonds. The second-order valence-electron chi connectivity index (χ2n) is 5.26. The number of primary amides is 1. The lowest BCUT2D eigenvalue weighted by Crippen LogP contribution is -2.43. The van der Waals surface area contributed by atoms with Gasteiger partial charge in [-0.1, -0.05) is 30.3 Å². The molecular formula is C16H22N2O3. The summed E-state index contributed by atoms with van der Waals surface area (Å²) in [5, 5.41) is 0. The lowest BCUT2D eigenvalue weighted by Gasteiger charge is -2.30. The van der Waals surface area contributed by atoms with Crippen LogP contribution in [0, 0.1) is 0 Å². The smallest absolute Gasteiger partial charge is 0.230 e. The lowest BCUT2D eigenvalue weighted by molar-refractivity contribution is -0.137. The highest BCUT2D eigenvalue weighted by Crippen LogP contribution is 2.25. The van der Waals surface area contributed by atoms with E-state index in [1.807, 2.05) is 35.2 Å². The Morgan fingerprint density at radius 1 is 1.19 bits per heavy atom. The molecule has 114 valence electrons. The van der Waals surface area contributed by atoms with Crippen molar-refractivity contribution < 1.29 is 14.3 Å². The maximum Gasteiger partial charge on any atom is 0.230 e. The monoisotopic (exact) mass is 290 g/mol. The van der Waals surface area contributed by atoms with Gasteiger partial charge in [0.1, 0.15) is 0 Å². The van der Waals surface area contributed by atoms with Crippen molar-refractivity contribution in [3.63, 3.8) is 0 Å². The van der Waals surface area contributed by atoms with Crippen molar-refractivity contribution in [2.45, 2.75) is 25.2 Å².